The van der Waals surface area contributed by atoms with Gasteiger partial charge in [0.2, 0.25) is 11.1 Å². The molecule has 0 aliphatic carbocycles. The van der Waals surface area contributed by atoms with E-state index in [1.54, 1.807) is 0 Å². The van der Waals surface area contributed by atoms with Gasteiger partial charge in [0.05, 0.1) is 5.75 Å². The number of H-pyrrole nitrogens is 1. The molecule has 24 heavy (non-hydrogen) atoms. The fourth-order valence-corrected chi connectivity index (χ4v) is 2.25. The normalized spacial score (nSPS) is 11.6. The van der Waals surface area contributed by atoms with Crippen LogP contribution in [0, 0.1) is 0 Å². The van der Waals surface area contributed by atoms with Crippen molar-refractivity contribution >= 4 is 23.4 Å². The van der Waals surface area contributed by atoms with Gasteiger partial charge in [0.1, 0.15) is 11.6 Å². The number of benzene rings is 1. The first kappa shape index (κ1) is 18.1. The summed E-state index contributed by atoms with van der Waals surface area (Å²) in [5.41, 5.74) is 0.369. The molecule has 10 heteroatoms. The third-order valence-corrected chi connectivity index (χ3v) is 3.58. The van der Waals surface area contributed by atoms with E-state index in [9.17, 15) is 18.0 Å². The summed E-state index contributed by atoms with van der Waals surface area (Å²) in [5.74, 6) is 0.351. The molecule has 2 N–H and O–H groups in total. The molecular formula is C14H15F3N4O2S. The van der Waals surface area contributed by atoms with E-state index >= 15 is 0 Å². The Morgan fingerprint density at radius 3 is 2.54 bits per heavy atom. The summed E-state index contributed by atoms with van der Waals surface area (Å²) in [6.45, 7) is 3.93. The number of alkyl halides is 3. The molecule has 130 valence electrons. The van der Waals surface area contributed by atoms with E-state index < -0.39 is 6.36 Å². The first-order chi connectivity index (χ1) is 11.2. The van der Waals surface area contributed by atoms with Gasteiger partial charge in [-0.1, -0.05) is 25.6 Å². The highest BCUT2D eigenvalue weighted by Gasteiger charge is 2.30. The lowest BCUT2D eigenvalue weighted by atomic mass is 10.2. The number of halogens is 3. The summed E-state index contributed by atoms with van der Waals surface area (Å²) in [6, 6.07) is 4.90. The lowest BCUT2D eigenvalue weighted by Crippen LogP contribution is -2.17. The van der Waals surface area contributed by atoms with Crippen LogP contribution < -0.4 is 10.1 Å². The summed E-state index contributed by atoms with van der Waals surface area (Å²) in [4.78, 5) is 16.1. The van der Waals surface area contributed by atoms with Crippen LogP contribution in [0.1, 0.15) is 25.6 Å². The number of thioether (sulfide) groups is 1. The number of aromatic amines is 1. The first-order valence-electron chi connectivity index (χ1n) is 6.93. The second kappa shape index (κ2) is 7.56. The average Bonchev–Trinajstić information content (AvgIpc) is 2.95. The highest BCUT2D eigenvalue weighted by atomic mass is 32.2. The van der Waals surface area contributed by atoms with Gasteiger partial charge in [-0.25, -0.2) is 4.98 Å². The van der Waals surface area contributed by atoms with E-state index in [4.69, 9.17) is 0 Å². The van der Waals surface area contributed by atoms with Crippen LogP contribution >= 0.6 is 11.8 Å². The third kappa shape index (κ3) is 5.76. The monoisotopic (exact) mass is 360 g/mol. The van der Waals surface area contributed by atoms with Crippen molar-refractivity contribution in [3.63, 3.8) is 0 Å². The molecule has 2 aromatic rings. The van der Waals surface area contributed by atoms with E-state index in [-0.39, 0.29) is 23.3 Å². The zero-order chi connectivity index (χ0) is 17.7. The maximum Gasteiger partial charge on any atom is 0.573 e. The summed E-state index contributed by atoms with van der Waals surface area (Å²) >= 11 is 1.16. The standard InChI is InChI=1S/C14H15F3N4O2S/c1-8(2)12-19-13(21-20-12)24-7-11(22)18-9-3-5-10(6-4-9)23-14(15,16)17/h3-6,8H,7H2,1-2H3,(H,18,22)(H,19,20,21). The first-order valence-corrected chi connectivity index (χ1v) is 7.92. The van der Waals surface area contributed by atoms with E-state index in [2.05, 4.69) is 25.2 Å². The van der Waals surface area contributed by atoms with Crippen LogP contribution in [0.15, 0.2) is 29.4 Å². The maximum atomic E-state index is 12.1. The lowest BCUT2D eigenvalue weighted by Gasteiger charge is -2.09. The fraction of sp³-hybridized carbons (Fsp3) is 0.357. The number of carbonyl (C=O) groups excluding carboxylic acids is 1. The van der Waals surface area contributed by atoms with Crippen molar-refractivity contribution in [1.82, 2.24) is 15.2 Å². The highest BCUT2D eigenvalue weighted by Crippen LogP contribution is 2.24. The minimum Gasteiger partial charge on any atom is -0.406 e. The Balaban J connectivity index is 1.83. The number of hydrogen-bond donors (Lipinski definition) is 2. The van der Waals surface area contributed by atoms with Gasteiger partial charge >= 0.3 is 6.36 Å². The molecule has 1 amide bonds. The van der Waals surface area contributed by atoms with E-state index in [0.29, 0.717) is 10.8 Å². The Kier molecular flexibility index (Phi) is 5.71. The van der Waals surface area contributed by atoms with Gasteiger partial charge in [-0.15, -0.1) is 18.3 Å². The number of nitrogens with zero attached hydrogens (tertiary/aromatic N) is 2. The predicted molar refractivity (Wildman–Crippen MR) is 83.0 cm³/mol. The van der Waals surface area contributed by atoms with Gasteiger partial charge in [-0.3, -0.25) is 9.89 Å². The molecule has 0 fully saturated rings. The number of carbonyl (C=O) groups is 1. The predicted octanol–water partition coefficient (Wildman–Crippen LogP) is 3.56. The van der Waals surface area contributed by atoms with Crippen molar-refractivity contribution < 1.29 is 22.7 Å². The number of rotatable bonds is 6. The highest BCUT2D eigenvalue weighted by molar-refractivity contribution is 7.99. The molecule has 0 aliphatic heterocycles. The smallest absolute Gasteiger partial charge is 0.406 e. The molecule has 0 radical (unpaired) electrons. The molecule has 0 spiro atoms. The van der Waals surface area contributed by atoms with E-state index in [1.165, 1.54) is 12.1 Å². The molecule has 6 nitrogen and oxygen atoms in total. The molecule has 0 unspecified atom stereocenters. The molecule has 0 atom stereocenters. The number of hydrogen-bond acceptors (Lipinski definition) is 5. The zero-order valence-corrected chi connectivity index (χ0v) is 13.7. The largest absolute Gasteiger partial charge is 0.573 e. The summed E-state index contributed by atoms with van der Waals surface area (Å²) in [5, 5.41) is 9.80. The quantitative estimate of drug-likeness (QED) is 0.770. The Hall–Kier alpha value is -2.23. The summed E-state index contributed by atoms with van der Waals surface area (Å²) in [7, 11) is 0. The van der Waals surface area contributed by atoms with Gasteiger partial charge < -0.3 is 10.1 Å². The molecule has 1 heterocycles. The Labute approximate surface area is 140 Å². The van der Waals surface area contributed by atoms with Crippen molar-refractivity contribution in [3.8, 4) is 5.75 Å². The molecule has 0 saturated heterocycles. The Bertz CT molecular complexity index is 686. The summed E-state index contributed by atoms with van der Waals surface area (Å²) in [6.07, 6.45) is -4.74. The molecule has 1 aromatic heterocycles. The molecule has 0 bridgehead atoms. The SMILES string of the molecule is CC(C)c1nc(SCC(=O)Nc2ccc(OC(F)(F)F)cc2)n[nH]1. The van der Waals surface area contributed by atoms with Crippen LogP contribution in [-0.2, 0) is 4.79 Å². The van der Waals surface area contributed by atoms with Crippen LogP contribution in [0.3, 0.4) is 0 Å². The maximum absolute atomic E-state index is 12.1. The molecular weight excluding hydrogens is 345 g/mol. The molecule has 0 aliphatic rings. The van der Waals surface area contributed by atoms with Crippen LogP contribution in [-0.4, -0.2) is 33.2 Å². The van der Waals surface area contributed by atoms with Gasteiger partial charge in [0.25, 0.3) is 0 Å². The van der Waals surface area contributed by atoms with E-state index in [1.807, 2.05) is 13.8 Å². The second-order valence-electron chi connectivity index (χ2n) is 5.07. The van der Waals surface area contributed by atoms with Gasteiger partial charge in [-0.2, -0.15) is 0 Å². The number of amides is 1. The molecule has 1 aromatic carbocycles. The van der Waals surface area contributed by atoms with Gasteiger partial charge in [0, 0.05) is 11.6 Å². The summed E-state index contributed by atoms with van der Waals surface area (Å²) < 4.78 is 39.9. The lowest BCUT2D eigenvalue weighted by molar-refractivity contribution is -0.274. The minimum atomic E-state index is -4.74. The van der Waals surface area contributed by atoms with Crippen LogP contribution in [0.5, 0.6) is 5.75 Å². The second-order valence-corrected chi connectivity index (χ2v) is 6.01. The Morgan fingerprint density at radius 2 is 2.00 bits per heavy atom. The zero-order valence-electron chi connectivity index (χ0n) is 12.8. The average molecular weight is 360 g/mol. The van der Waals surface area contributed by atoms with Crippen LogP contribution in [0.4, 0.5) is 18.9 Å². The van der Waals surface area contributed by atoms with Crippen molar-refractivity contribution in [1.29, 1.82) is 0 Å². The molecule has 0 saturated carbocycles. The minimum absolute atomic E-state index is 0.0796. The van der Waals surface area contributed by atoms with Crippen molar-refractivity contribution in [3.05, 3.63) is 30.1 Å². The van der Waals surface area contributed by atoms with E-state index in [0.717, 1.165) is 29.7 Å². The topological polar surface area (TPSA) is 79.9 Å². The number of ether oxygens (including phenoxy) is 1. The van der Waals surface area contributed by atoms with Crippen LogP contribution in [0.2, 0.25) is 0 Å². The third-order valence-electron chi connectivity index (χ3n) is 2.73. The van der Waals surface area contributed by atoms with Gasteiger partial charge in [0.15, 0.2) is 0 Å². The number of anilines is 1. The number of aromatic nitrogens is 3. The molecule has 2 rings (SSSR count). The van der Waals surface area contributed by atoms with Crippen LogP contribution in [0.25, 0.3) is 0 Å². The van der Waals surface area contributed by atoms with Crippen molar-refractivity contribution in [2.24, 2.45) is 0 Å². The van der Waals surface area contributed by atoms with Gasteiger partial charge in [-0.05, 0) is 24.3 Å². The fourth-order valence-electron chi connectivity index (χ4n) is 1.65. The van der Waals surface area contributed by atoms with Crippen molar-refractivity contribution in [2.45, 2.75) is 31.3 Å². The Morgan fingerprint density at radius 1 is 1.33 bits per heavy atom. The van der Waals surface area contributed by atoms with Crippen molar-refractivity contribution in [2.75, 3.05) is 11.1 Å². The number of nitrogens with one attached hydrogen (secondary N) is 2.